The average Bonchev–Trinajstić information content (AvgIpc) is 3.27. The number of aromatic nitrogens is 3. The van der Waals surface area contributed by atoms with Crippen molar-refractivity contribution in [3.8, 4) is 0 Å². The Morgan fingerprint density at radius 2 is 2.15 bits per heavy atom. The van der Waals surface area contributed by atoms with E-state index >= 15 is 0 Å². The molecule has 4 rings (SSSR count). The summed E-state index contributed by atoms with van der Waals surface area (Å²) in [5, 5.41) is 0. The molecule has 0 aliphatic carbocycles. The monoisotopic (exact) mass is 353 g/mol. The summed E-state index contributed by atoms with van der Waals surface area (Å²) in [5.74, 6) is 1.04. The van der Waals surface area contributed by atoms with E-state index in [2.05, 4.69) is 9.97 Å². The van der Waals surface area contributed by atoms with Gasteiger partial charge in [-0.3, -0.25) is 9.20 Å². The highest BCUT2D eigenvalue weighted by molar-refractivity contribution is 5.68. The van der Waals surface area contributed by atoms with Crippen molar-refractivity contribution in [2.45, 2.75) is 18.9 Å². The van der Waals surface area contributed by atoms with E-state index in [4.69, 9.17) is 10.5 Å². The fraction of sp³-hybridized carbons (Fsp3) is 0.278. The van der Waals surface area contributed by atoms with Gasteiger partial charge in [0.05, 0.1) is 12.4 Å². The van der Waals surface area contributed by atoms with E-state index in [1.807, 2.05) is 30.3 Å². The first-order valence-corrected chi connectivity index (χ1v) is 8.43. The van der Waals surface area contributed by atoms with E-state index < -0.39 is 0 Å². The minimum absolute atomic E-state index is 0.0305. The molecule has 0 unspecified atom stereocenters. The van der Waals surface area contributed by atoms with Crippen LogP contribution >= 0.6 is 0 Å². The first kappa shape index (κ1) is 16.2. The molecule has 1 atom stereocenters. The van der Waals surface area contributed by atoms with Gasteiger partial charge in [-0.1, -0.05) is 30.3 Å². The van der Waals surface area contributed by atoms with E-state index in [-0.39, 0.29) is 30.0 Å². The number of H-pyrrole nitrogens is 1. The molecule has 1 amide bonds. The summed E-state index contributed by atoms with van der Waals surface area (Å²) in [5.41, 5.74) is 6.85. The maximum absolute atomic E-state index is 12.3. The average molecular weight is 353 g/mol. The van der Waals surface area contributed by atoms with Gasteiger partial charge < -0.3 is 20.4 Å². The van der Waals surface area contributed by atoms with Crippen molar-refractivity contribution in [2.75, 3.05) is 18.8 Å². The van der Waals surface area contributed by atoms with Gasteiger partial charge in [0.15, 0.2) is 0 Å². The van der Waals surface area contributed by atoms with Crippen LogP contribution < -0.4 is 11.3 Å². The molecule has 3 aromatic rings. The Balaban J connectivity index is 1.45. The number of carbonyl (C=O) groups is 1. The highest BCUT2D eigenvalue weighted by Gasteiger charge is 2.31. The van der Waals surface area contributed by atoms with Crippen molar-refractivity contribution < 1.29 is 9.53 Å². The van der Waals surface area contributed by atoms with Crippen LogP contribution in [0.25, 0.3) is 5.52 Å². The van der Waals surface area contributed by atoms with Crippen LogP contribution in [0.3, 0.4) is 0 Å². The molecule has 26 heavy (non-hydrogen) atoms. The van der Waals surface area contributed by atoms with Gasteiger partial charge in [-0.15, -0.1) is 0 Å². The normalized spacial score (nSPS) is 16.9. The van der Waals surface area contributed by atoms with Crippen LogP contribution in [0.15, 0.2) is 47.5 Å². The maximum Gasteiger partial charge on any atom is 0.410 e. The zero-order chi connectivity index (χ0) is 18.1. The molecule has 3 N–H and O–H groups in total. The third-order valence-electron chi connectivity index (χ3n) is 4.60. The van der Waals surface area contributed by atoms with Crippen LogP contribution in [0.2, 0.25) is 0 Å². The number of anilines is 1. The predicted octanol–water partition coefficient (Wildman–Crippen LogP) is 1.73. The molecule has 0 radical (unpaired) electrons. The first-order valence-electron chi connectivity index (χ1n) is 8.43. The third kappa shape index (κ3) is 3.01. The summed E-state index contributed by atoms with van der Waals surface area (Å²) in [7, 11) is 0. The number of likely N-dealkylation sites (tertiary alicyclic amines) is 1. The second kappa shape index (κ2) is 6.55. The lowest BCUT2D eigenvalue weighted by Gasteiger charge is -2.16. The quantitative estimate of drug-likeness (QED) is 0.746. The lowest BCUT2D eigenvalue weighted by molar-refractivity contribution is 0.104. The molecule has 134 valence electrons. The Labute approximate surface area is 149 Å². The molecule has 1 fully saturated rings. The van der Waals surface area contributed by atoms with Gasteiger partial charge in [-0.25, -0.2) is 9.78 Å². The maximum atomic E-state index is 12.3. The third-order valence-corrected chi connectivity index (χ3v) is 4.60. The minimum atomic E-state index is -0.338. The molecule has 1 aromatic carbocycles. The van der Waals surface area contributed by atoms with Gasteiger partial charge in [-0.05, 0) is 12.0 Å². The number of ether oxygens (including phenoxy) is 1. The highest BCUT2D eigenvalue weighted by atomic mass is 16.6. The Morgan fingerprint density at radius 3 is 2.96 bits per heavy atom. The van der Waals surface area contributed by atoms with Gasteiger partial charge in [-0.2, -0.15) is 0 Å². The number of benzene rings is 1. The summed E-state index contributed by atoms with van der Waals surface area (Å²) in [4.78, 5) is 32.8. The second-order valence-corrected chi connectivity index (χ2v) is 6.38. The molecule has 1 saturated heterocycles. The van der Waals surface area contributed by atoms with Crippen molar-refractivity contribution in [3.63, 3.8) is 0 Å². The van der Waals surface area contributed by atoms with Gasteiger partial charge in [0.2, 0.25) is 0 Å². The summed E-state index contributed by atoms with van der Waals surface area (Å²) >= 11 is 0. The lowest BCUT2D eigenvalue weighted by atomic mass is 10.1. The van der Waals surface area contributed by atoms with Crippen LogP contribution in [0.4, 0.5) is 10.6 Å². The zero-order valence-electron chi connectivity index (χ0n) is 14.1. The lowest BCUT2D eigenvalue weighted by Crippen LogP contribution is -2.29. The number of hydrogen-bond donors (Lipinski definition) is 2. The molecule has 8 nitrogen and oxygen atoms in total. The number of nitrogens with zero attached hydrogens (tertiary/aromatic N) is 3. The first-order chi connectivity index (χ1) is 12.6. The zero-order valence-corrected chi connectivity index (χ0v) is 14.1. The Morgan fingerprint density at radius 1 is 1.35 bits per heavy atom. The number of hydrogen-bond acceptors (Lipinski definition) is 5. The van der Waals surface area contributed by atoms with Crippen molar-refractivity contribution >= 4 is 17.4 Å². The summed E-state index contributed by atoms with van der Waals surface area (Å²) in [6.07, 6.45) is 3.60. The predicted molar refractivity (Wildman–Crippen MR) is 95.8 cm³/mol. The molecule has 8 heteroatoms. The Kier molecular flexibility index (Phi) is 4.08. The Hall–Kier alpha value is -3.29. The van der Waals surface area contributed by atoms with Crippen LogP contribution in [-0.4, -0.2) is 38.5 Å². The van der Waals surface area contributed by atoms with Gasteiger partial charge in [0.1, 0.15) is 23.8 Å². The smallest absolute Gasteiger partial charge is 0.410 e. The summed E-state index contributed by atoms with van der Waals surface area (Å²) in [6.45, 7) is 1.34. The van der Waals surface area contributed by atoms with Crippen LogP contribution in [0.1, 0.15) is 23.7 Å². The number of nitrogens with one attached hydrogen (secondary N) is 1. The number of imidazole rings is 1. The molecule has 0 spiro atoms. The van der Waals surface area contributed by atoms with Crippen molar-refractivity contribution in [3.05, 3.63) is 64.5 Å². The fourth-order valence-electron chi connectivity index (χ4n) is 3.29. The van der Waals surface area contributed by atoms with Gasteiger partial charge in [0.25, 0.3) is 5.56 Å². The highest BCUT2D eigenvalue weighted by Crippen LogP contribution is 2.27. The molecular formula is C18H19N5O3. The minimum Gasteiger partial charge on any atom is -0.445 e. The molecule has 3 heterocycles. The van der Waals surface area contributed by atoms with Crippen molar-refractivity contribution in [1.82, 2.24) is 19.3 Å². The van der Waals surface area contributed by atoms with E-state index in [1.165, 1.54) is 6.20 Å². The molecule has 1 aliphatic rings. The van der Waals surface area contributed by atoms with E-state index in [1.54, 1.807) is 15.5 Å². The van der Waals surface area contributed by atoms with Gasteiger partial charge in [0, 0.05) is 19.0 Å². The Bertz CT molecular complexity index is 995. The second-order valence-electron chi connectivity index (χ2n) is 6.38. The van der Waals surface area contributed by atoms with Crippen molar-refractivity contribution in [2.24, 2.45) is 0 Å². The topological polar surface area (TPSA) is 106 Å². The largest absolute Gasteiger partial charge is 0.445 e. The number of carbonyl (C=O) groups excluding carboxylic acids is 1. The molecule has 0 bridgehead atoms. The number of rotatable bonds is 3. The van der Waals surface area contributed by atoms with E-state index in [0.29, 0.717) is 18.6 Å². The number of aromatic amines is 1. The number of amides is 1. The number of nitrogens with two attached hydrogens (primary N) is 1. The number of nitrogen functional groups attached to an aromatic ring is 1. The SMILES string of the molecule is Nc1cn2c([C@H]3CCN(C(=O)OCc4ccccc4)C3)ncc2c(=O)[nH]1. The fourth-order valence-corrected chi connectivity index (χ4v) is 3.29. The van der Waals surface area contributed by atoms with Crippen molar-refractivity contribution in [1.29, 1.82) is 0 Å². The molecule has 0 saturated carbocycles. The van der Waals surface area contributed by atoms with Crippen LogP contribution in [0, 0.1) is 0 Å². The standard InChI is InChI=1S/C18H19N5O3/c19-15-10-23-14(17(24)21-15)8-20-16(23)13-6-7-22(9-13)18(25)26-11-12-4-2-1-3-5-12/h1-5,8,10,13H,6-7,9,11,19H2,(H,21,24)/t13-/m0/s1. The molecule has 2 aromatic heterocycles. The van der Waals surface area contributed by atoms with E-state index in [9.17, 15) is 9.59 Å². The summed E-state index contributed by atoms with van der Waals surface area (Å²) in [6, 6.07) is 9.57. The number of fused-ring (bicyclic) bond motifs is 1. The van der Waals surface area contributed by atoms with E-state index in [0.717, 1.165) is 17.8 Å². The molecule has 1 aliphatic heterocycles. The van der Waals surface area contributed by atoms with Crippen LogP contribution in [-0.2, 0) is 11.3 Å². The van der Waals surface area contributed by atoms with Gasteiger partial charge >= 0.3 is 6.09 Å². The summed E-state index contributed by atoms with van der Waals surface area (Å²) < 4.78 is 7.09. The van der Waals surface area contributed by atoms with Crippen LogP contribution in [0.5, 0.6) is 0 Å². The molecular weight excluding hydrogens is 334 g/mol.